The summed E-state index contributed by atoms with van der Waals surface area (Å²) < 4.78 is 59.1. The topological polar surface area (TPSA) is 80.7 Å². The second kappa shape index (κ2) is 5.05. The lowest BCUT2D eigenvalue weighted by Gasteiger charge is -2.22. The van der Waals surface area contributed by atoms with Crippen molar-refractivity contribution in [1.29, 1.82) is 0 Å². The highest BCUT2D eigenvalue weighted by molar-refractivity contribution is 7.86. The van der Waals surface area contributed by atoms with E-state index in [0.717, 1.165) is 0 Å². The number of ether oxygens (including phenoxy) is 1. The van der Waals surface area contributed by atoms with E-state index in [1.165, 1.54) is 6.92 Å². The van der Waals surface area contributed by atoms with Crippen LogP contribution in [-0.4, -0.2) is 30.3 Å². The Hall–Kier alpha value is -0.760. The molecule has 0 aliphatic carbocycles. The lowest BCUT2D eigenvalue weighted by Crippen LogP contribution is -2.42. The van der Waals surface area contributed by atoms with Crippen molar-refractivity contribution < 1.29 is 31.3 Å². The minimum absolute atomic E-state index is 0.378. The lowest BCUT2D eigenvalue weighted by atomic mass is 10.1. The van der Waals surface area contributed by atoms with Crippen molar-refractivity contribution in [3.8, 4) is 0 Å². The third kappa shape index (κ3) is 3.38. The largest absolute Gasteiger partial charge is 0.455 e. The first-order valence-corrected chi connectivity index (χ1v) is 6.03. The minimum atomic E-state index is -5.59. The van der Waals surface area contributed by atoms with Gasteiger partial charge in [-0.3, -0.25) is 9.35 Å². The van der Waals surface area contributed by atoms with Crippen molar-refractivity contribution in [3.05, 3.63) is 0 Å². The van der Waals surface area contributed by atoms with E-state index in [4.69, 9.17) is 4.55 Å². The number of carbonyl (C=O) groups excluding carboxylic acids is 1. The van der Waals surface area contributed by atoms with E-state index in [1.54, 1.807) is 6.92 Å². The van der Waals surface area contributed by atoms with E-state index in [2.05, 4.69) is 4.74 Å². The Morgan fingerprint density at radius 3 is 2.19 bits per heavy atom. The van der Waals surface area contributed by atoms with Crippen molar-refractivity contribution in [3.63, 3.8) is 0 Å². The molecule has 0 heterocycles. The first-order chi connectivity index (χ1) is 7.04. The van der Waals surface area contributed by atoms with E-state index < -0.39 is 33.4 Å². The van der Waals surface area contributed by atoms with Gasteiger partial charge >= 0.3 is 21.3 Å². The molecule has 0 rings (SSSR count). The summed E-state index contributed by atoms with van der Waals surface area (Å²) >= 11 is 0. The Kier molecular flexibility index (Phi) is 4.81. The van der Waals surface area contributed by atoms with E-state index in [0.29, 0.717) is 13.3 Å². The second-order valence-electron chi connectivity index (χ2n) is 3.43. The van der Waals surface area contributed by atoms with E-state index in [-0.39, 0.29) is 0 Å². The number of carbonyl (C=O) groups is 1. The van der Waals surface area contributed by atoms with Crippen LogP contribution in [-0.2, 0) is 19.6 Å². The van der Waals surface area contributed by atoms with Gasteiger partial charge in [-0.25, -0.2) is 0 Å². The van der Waals surface area contributed by atoms with Gasteiger partial charge in [0.05, 0.1) is 5.92 Å². The fourth-order valence-electron chi connectivity index (χ4n) is 0.735. The van der Waals surface area contributed by atoms with Gasteiger partial charge in [-0.1, -0.05) is 13.8 Å². The van der Waals surface area contributed by atoms with Gasteiger partial charge in [0.25, 0.3) is 0 Å². The van der Waals surface area contributed by atoms with Gasteiger partial charge in [-0.2, -0.15) is 17.2 Å². The number of esters is 1. The molecule has 96 valence electrons. The van der Waals surface area contributed by atoms with Crippen molar-refractivity contribution in [2.45, 2.75) is 38.6 Å². The normalized spacial score (nSPS) is 16.6. The number of rotatable bonds is 5. The Morgan fingerprint density at radius 2 is 1.88 bits per heavy atom. The molecule has 0 aromatic rings. The zero-order valence-electron chi connectivity index (χ0n) is 9.11. The Morgan fingerprint density at radius 1 is 1.44 bits per heavy atom. The monoisotopic (exact) mass is 260 g/mol. The molecule has 0 aromatic carbocycles. The van der Waals surface area contributed by atoms with E-state index in [1.807, 2.05) is 0 Å². The summed E-state index contributed by atoms with van der Waals surface area (Å²) in [4.78, 5) is 11.1. The summed E-state index contributed by atoms with van der Waals surface area (Å²) in [6.45, 7) is 3.81. The Bertz CT molecular complexity index is 351. The maximum Gasteiger partial charge on any atom is 0.405 e. The van der Waals surface area contributed by atoms with Crippen molar-refractivity contribution in [2.75, 3.05) is 0 Å². The highest BCUT2D eigenvalue weighted by atomic mass is 32.2. The first kappa shape index (κ1) is 15.2. The van der Waals surface area contributed by atoms with Crippen molar-refractivity contribution in [2.24, 2.45) is 5.92 Å². The zero-order chi connectivity index (χ0) is 13.1. The SMILES string of the molecule is CCC(C)C(=O)OC(C)C(F)(F)S(=O)(=O)O. The molecule has 0 amide bonds. The molecule has 0 saturated heterocycles. The molecule has 0 fully saturated rings. The third-order valence-corrected chi connectivity index (χ3v) is 3.14. The summed E-state index contributed by atoms with van der Waals surface area (Å²) in [5.74, 6) is -1.54. The molecule has 0 aliphatic rings. The number of hydrogen-bond donors (Lipinski definition) is 1. The van der Waals surface area contributed by atoms with Gasteiger partial charge in [-0.05, 0) is 13.3 Å². The molecule has 5 nitrogen and oxygen atoms in total. The average Bonchev–Trinajstić information content (AvgIpc) is 2.14. The van der Waals surface area contributed by atoms with Crippen LogP contribution in [0.4, 0.5) is 8.78 Å². The van der Waals surface area contributed by atoms with E-state index in [9.17, 15) is 22.0 Å². The third-order valence-electron chi connectivity index (χ3n) is 2.12. The van der Waals surface area contributed by atoms with Gasteiger partial charge < -0.3 is 4.74 Å². The Balaban J connectivity index is 4.72. The summed E-state index contributed by atoms with van der Waals surface area (Å²) in [7, 11) is -5.59. The van der Waals surface area contributed by atoms with Gasteiger partial charge in [0.2, 0.25) is 0 Å². The van der Waals surface area contributed by atoms with Crippen LogP contribution in [0.5, 0.6) is 0 Å². The predicted octanol–water partition coefficient (Wildman–Crippen LogP) is 1.44. The molecule has 8 heteroatoms. The number of alkyl halides is 2. The predicted molar refractivity (Wildman–Crippen MR) is 51.5 cm³/mol. The van der Waals surface area contributed by atoms with Crippen LogP contribution < -0.4 is 0 Å². The highest BCUT2D eigenvalue weighted by Crippen LogP contribution is 2.27. The molecule has 1 N–H and O–H groups in total. The quantitative estimate of drug-likeness (QED) is 0.597. The fraction of sp³-hybridized carbons (Fsp3) is 0.875. The summed E-state index contributed by atoms with van der Waals surface area (Å²) in [6.07, 6.45) is -1.85. The lowest BCUT2D eigenvalue weighted by molar-refractivity contribution is -0.163. The molecule has 0 aliphatic heterocycles. The van der Waals surface area contributed by atoms with Crippen LogP contribution in [0.25, 0.3) is 0 Å². The number of hydrogen-bond acceptors (Lipinski definition) is 4. The highest BCUT2D eigenvalue weighted by Gasteiger charge is 2.52. The van der Waals surface area contributed by atoms with Gasteiger partial charge in [0, 0.05) is 0 Å². The van der Waals surface area contributed by atoms with Crippen LogP contribution in [0.3, 0.4) is 0 Å². The van der Waals surface area contributed by atoms with Crippen LogP contribution in [0.1, 0.15) is 27.2 Å². The zero-order valence-corrected chi connectivity index (χ0v) is 9.92. The van der Waals surface area contributed by atoms with Gasteiger partial charge in [0.1, 0.15) is 0 Å². The first-order valence-electron chi connectivity index (χ1n) is 4.59. The van der Waals surface area contributed by atoms with E-state index >= 15 is 0 Å². The molecule has 0 spiro atoms. The fourth-order valence-corrected chi connectivity index (χ4v) is 1.20. The maximum absolute atomic E-state index is 12.9. The average molecular weight is 260 g/mol. The molecule has 0 bridgehead atoms. The summed E-state index contributed by atoms with van der Waals surface area (Å²) in [5.41, 5.74) is 0. The second-order valence-corrected chi connectivity index (χ2v) is 4.92. The van der Waals surface area contributed by atoms with Crippen LogP contribution >= 0.6 is 0 Å². The summed E-state index contributed by atoms with van der Waals surface area (Å²) in [6, 6.07) is 0. The maximum atomic E-state index is 12.9. The summed E-state index contributed by atoms with van der Waals surface area (Å²) in [5, 5.41) is -4.50. The molecular weight excluding hydrogens is 246 g/mol. The van der Waals surface area contributed by atoms with Crippen LogP contribution in [0.15, 0.2) is 0 Å². The molecule has 16 heavy (non-hydrogen) atoms. The van der Waals surface area contributed by atoms with Crippen molar-refractivity contribution >= 4 is 16.1 Å². The molecular formula is C8H14F2O5S. The Labute approximate surface area is 92.5 Å². The standard InChI is InChI=1S/C8H14F2O5S/c1-4-5(2)7(11)15-6(3)8(9,10)16(12,13)14/h5-6H,4H2,1-3H3,(H,12,13,14). The smallest absolute Gasteiger partial charge is 0.405 e. The van der Waals surface area contributed by atoms with Crippen molar-refractivity contribution in [1.82, 2.24) is 0 Å². The van der Waals surface area contributed by atoms with Crippen LogP contribution in [0, 0.1) is 5.92 Å². The molecule has 2 unspecified atom stereocenters. The van der Waals surface area contributed by atoms with Crippen LogP contribution in [0.2, 0.25) is 0 Å². The molecule has 0 saturated carbocycles. The van der Waals surface area contributed by atoms with Gasteiger partial charge in [-0.15, -0.1) is 0 Å². The number of halogens is 2. The molecule has 2 atom stereocenters. The van der Waals surface area contributed by atoms with Gasteiger partial charge in [0.15, 0.2) is 6.10 Å². The molecule has 0 aromatic heterocycles. The molecule has 0 radical (unpaired) electrons. The minimum Gasteiger partial charge on any atom is -0.455 e.